The van der Waals surface area contributed by atoms with E-state index in [1.54, 1.807) is 13.8 Å². The highest BCUT2D eigenvalue weighted by molar-refractivity contribution is 7.16. The molecule has 0 spiro atoms. The lowest BCUT2D eigenvalue weighted by molar-refractivity contribution is -0.119. The van der Waals surface area contributed by atoms with Crippen LogP contribution in [0, 0.1) is 20.8 Å². The van der Waals surface area contributed by atoms with E-state index in [1.165, 1.54) is 23.1 Å². The molecule has 0 aliphatic heterocycles. The van der Waals surface area contributed by atoms with E-state index in [0.29, 0.717) is 17.2 Å². The van der Waals surface area contributed by atoms with E-state index in [2.05, 4.69) is 10.4 Å². The molecule has 1 amide bonds. The number of rotatable bonds is 7. The lowest BCUT2D eigenvalue weighted by atomic mass is 10.1. The van der Waals surface area contributed by atoms with Crippen LogP contribution >= 0.6 is 22.9 Å². The van der Waals surface area contributed by atoms with Gasteiger partial charge in [-0.2, -0.15) is 5.10 Å². The van der Waals surface area contributed by atoms with Crippen molar-refractivity contribution >= 4 is 45.8 Å². The van der Waals surface area contributed by atoms with E-state index in [4.69, 9.17) is 21.1 Å². The number of halogens is 1. The number of carbonyl (C=O) groups is 3. The summed E-state index contributed by atoms with van der Waals surface area (Å²) in [5.41, 5.74) is 2.49. The van der Waals surface area contributed by atoms with Gasteiger partial charge in [0.15, 0.2) is 6.61 Å². The number of thiophene rings is 1. The molecule has 0 saturated carbocycles. The fourth-order valence-electron chi connectivity index (χ4n) is 3.08. The summed E-state index contributed by atoms with van der Waals surface area (Å²) in [7, 11) is 1.27. The number of aromatic nitrogens is 2. The van der Waals surface area contributed by atoms with E-state index in [1.807, 2.05) is 37.3 Å². The van der Waals surface area contributed by atoms with Gasteiger partial charge in [-0.05, 0) is 31.9 Å². The van der Waals surface area contributed by atoms with Crippen molar-refractivity contribution in [2.45, 2.75) is 27.3 Å². The van der Waals surface area contributed by atoms with Crippen molar-refractivity contribution in [3.63, 3.8) is 0 Å². The van der Waals surface area contributed by atoms with Crippen LogP contribution in [-0.4, -0.2) is 41.3 Å². The zero-order valence-corrected chi connectivity index (χ0v) is 19.6. The standard InChI is InChI=1S/C22H22ClN3O5S/c1-12-14(3)32-20(17(12)21(28)30-4)24-16(27)11-31-22(29)18-13(2)25-26(19(18)23)10-15-8-6-5-7-9-15/h5-9H,10-11H2,1-4H3,(H,24,27). The fraction of sp³-hybridized carbons (Fsp3) is 0.273. The van der Waals surface area contributed by atoms with Crippen molar-refractivity contribution in [2.24, 2.45) is 0 Å². The van der Waals surface area contributed by atoms with Crippen molar-refractivity contribution in [1.82, 2.24) is 9.78 Å². The second-order valence-corrected chi connectivity index (χ2v) is 8.58. The molecule has 32 heavy (non-hydrogen) atoms. The lowest BCUT2D eigenvalue weighted by Gasteiger charge is -2.07. The molecule has 2 heterocycles. The van der Waals surface area contributed by atoms with Crippen LogP contribution in [0.4, 0.5) is 5.00 Å². The molecule has 0 unspecified atom stereocenters. The highest BCUT2D eigenvalue weighted by Gasteiger charge is 2.24. The van der Waals surface area contributed by atoms with Gasteiger partial charge in [0.1, 0.15) is 15.7 Å². The summed E-state index contributed by atoms with van der Waals surface area (Å²) in [4.78, 5) is 37.8. The number of anilines is 1. The maximum Gasteiger partial charge on any atom is 0.343 e. The molecule has 1 N–H and O–H groups in total. The molecule has 0 aliphatic rings. The van der Waals surface area contributed by atoms with Gasteiger partial charge in [0.2, 0.25) is 0 Å². The largest absolute Gasteiger partial charge is 0.465 e. The topological polar surface area (TPSA) is 99.5 Å². The first-order valence-corrected chi connectivity index (χ1v) is 10.8. The fourth-order valence-corrected chi connectivity index (χ4v) is 4.45. The third kappa shape index (κ3) is 5.00. The predicted octanol–water partition coefficient (Wildman–Crippen LogP) is 4.15. The molecule has 0 radical (unpaired) electrons. The molecule has 3 rings (SSSR count). The van der Waals surface area contributed by atoms with Crippen molar-refractivity contribution in [3.8, 4) is 0 Å². The number of esters is 2. The Morgan fingerprint density at radius 1 is 1.09 bits per heavy atom. The maximum atomic E-state index is 12.6. The van der Waals surface area contributed by atoms with E-state index in [9.17, 15) is 14.4 Å². The molecule has 0 saturated heterocycles. The summed E-state index contributed by atoms with van der Waals surface area (Å²) in [5, 5.41) is 7.40. The zero-order chi connectivity index (χ0) is 23.4. The third-order valence-electron chi connectivity index (χ3n) is 4.81. The molecule has 0 fully saturated rings. The van der Waals surface area contributed by atoms with Gasteiger partial charge in [0.25, 0.3) is 5.91 Å². The number of nitrogens with one attached hydrogen (secondary N) is 1. The Bertz CT molecular complexity index is 1170. The summed E-state index contributed by atoms with van der Waals surface area (Å²) in [5.74, 6) is -1.89. The Balaban J connectivity index is 1.67. The molecular weight excluding hydrogens is 454 g/mol. The highest BCUT2D eigenvalue weighted by Crippen LogP contribution is 2.33. The Hall–Kier alpha value is -3.17. The van der Waals surface area contributed by atoms with Gasteiger partial charge in [-0.1, -0.05) is 41.9 Å². The Kier molecular flexibility index (Phi) is 7.32. The highest BCUT2D eigenvalue weighted by atomic mass is 35.5. The van der Waals surface area contributed by atoms with Gasteiger partial charge in [-0.15, -0.1) is 11.3 Å². The smallest absolute Gasteiger partial charge is 0.343 e. The second-order valence-electron chi connectivity index (χ2n) is 7.00. The van der Waals surface area contributed by atoms with Crippen molar-refractivity contribution in [1.29, 1.82) is 0 Å². The van der Waals surface area contributed by atoms with Crippen molar-refractivity contribution < 1.29 is 23.9 Å². The number of hydrogen-bond acceptors (Lipinski definition) is 7. The number of aryl methyl sites for hydroxylation is 2. The maximum absolute atomic E-state index is 12.6. The van der Waals surface area contributed by atoms with Crippen LogP contribution < -0.4 is 5.32 Å². The molecule has 3 aromatic rings. The van der Waals surface area contributed by atoms with Crippen LogP contribution in [0.1, 0.15) is 42.4 Å². The van der Waals surface area contributed by atoms with Crippen LogP contribution in [0.3, 0.4) is 0 Å². The summed E-state index contributed by atoms with van der Waals surface area (Å²) in [6.07, 6.45) is 0. The first kappa shape index (κ1) is 23.5. The van der Waals surface area contributed by atoms with Crippen molar-refractivity contribution in [2.75, 3.05) is 19.0 Å². The molecule has 8 nitrogen and oxygen atoms in total. The van der Waals surface area contributed by atoms with Gasteiger partial charge >= 0.3 is 11.9 Å². The third-order valence-corrected chi connectivity index (χ3v) is 6.31. The summed E-state index contributed by atoms with van der Waals surface area (Å²) < 4.78 is 11.4. The zero-order valence-electron chi connectivity index (χ0n) is 18.0. The SMILES string of the molecule is COC(=O)c1c(NC(=O)COC(=O)c2c(C)nn(Cc3ccccc3)c2Cl)sc(C)c1C. The van der Waals surface area contributed by atoms with Gasteiger partial charge in [0, 0.05) is 4.88 Å². The minimum atomic E-state index is -0.756. The van der Waals surface area contributed by atoms with Crippen LogP contribution in [0.2, 0.25) is 5.15 Å². The number of ether oxygens (including phenoxy) is 2. The number of nitrogens with zero attached hydrogens (tertiary/aromatic N) is 2. The first-order chi connectivity index (χ1) is 15.2. The summed E-state index contributed by atoms with van der Waals surface area (Å²) in [6.45, 7) is 5.09. The number of benzene rings is 1. The van der Waals surface area contributed by atoms with Crippen LogP contribution in [0.5, 0.6) is 0 Å². The normalized spacial score (nSPS) is 10.7. The average Bonchev–Trinajstić information content (AvgIpc) is 3.20. The van der Waals surface area contributed by atoms with Gasteiger partial charge in [-0.25, -0.2) is 14.3 Å². The Morgan fingerprint density at radius 2 is 1.78 bits per heavy atom. The first-order valence-electron chi connectivity index (χ1n) is 9.65. The monoisotopic (exact) mass is 475 g/mol. The van der Waals surface area contributed by atoms with E-state index >= 15 is 0 Å². The molecule has 0 aliphatic carbocycles. The minimum absolute atomic E-state index is 0.105. The van der Waals surface area contributed by atoms with Gasteiger partial charge in [-0.3, -0.25) is 4.79 Å². The number of amides is 1. The second kappa shape index (κ2) is 9.97. The number of methoxy groups -OCH3 is 1. The Morgan fingerprint density at radius 3 is 2.44 bits per heavy atom. The van der Waals surface area contributed by atoms with Crippen LogP contribution in [-0.2, 0) is 20.8 Å². The lowest BCUT2D eigenvalue weighted by Crippen LogP contribution is -2.22. The quantitative estimate of drug-likeness (QED) is 0.515. The Labute approximate surface area is 194 Å². The number of carbonyl (C=O) groups excluding carboxylic acids is 3. The number of hydrogen-bond donors (Lipinski definition) is 1. The predicted molar refractivity (Wildman–Crippen MR) is 122 cm³/mol. The van der Waals surface area contributed by atoms with E-state index in [0.717, 1.165) is 16.0 Å². The van der Waals surface area contributed by atoms with Crippen LogP contribution in [0.15, 0.2) is 30.3 Å². The molecule has 2 aromatic heterocycles. The summed E-state index contributed by atoms with van der Waals surface area (Å²) in [6, 6.07) is 9.55. The van der Waals surface area contributed by atoms with E-state index < -0.39 is 24.5 Å². The molecule has 168 valence electrons. The van der Waals surface area contributed by atoms with E-state index in [-0.39, 0.29) is 16.3 Å². The van der Waals surface area contributed by atoms with Gasteiger partial charge in [0.05, 0.1) is 24.9 Å². The molecule has 0 bridgehead atoms. The van der Waals surface area contributed by atoms with Crippen molar-refractivity contribution in [3.05, 3.63) is 68.3 Å². The molecule has 0 atom stereocenters. The average molecular weight is 476 g/mol. The molecule has 1 aromatic carbocycles. The van der Waals surface area contributed by atoms with Crippen LogP contribution in [0.25, 0.3) is 0 Å². The summed E-state index contributed by atoms with van der Waals surface area (Å²) >= 11 is 7.61. The molecular formula is C22H22ClN3O5S. The minimum Gasteiger partial charge on any atom is -0.465 e. The van der Waals surface area contributed by atoms with Gasteiger partial charge < -0.3 is 14.8 Å². The molecule has 10 heteroatoms.